The lowest BCUT2D eigenvalue weighted by Crippen LogP contribution is -2.47. The Kier molecular flexibility index (Phi) is 7.06. The van der Waals surface area contributed by atoms with Gasteiger partial charge in [-0.1, -0.05) is 55.6 Å². The molecular formula is C16H24ClNO3S. The van der Waals surface area contributed by atoms with Crippen LogP contribution in [0.5, 0.6) is 0 Å². The minimum Gasteiger partial charge on any atom is -0.386 e. The number of benzene rings is 1. The zero-order chi connectivity index (χ0) is 16.9. The van der Waals surface area contributed by atoms with Gasteiger partial charge in [-0.25, -0.2) is 13.1 Å². The van der Waals surface area contributed by atoms with Crippen molar-refractivity contribution >= 4 is 21.6 Å². The summed E-state index contributed by atoms with van der Waals surface area (Å²) in [4.78, 5) is 0.170. The van der Waals surface area contributed by atoms with Gasteiger partial charge in [-0.2, -0.15) is 0 Å². The largest absolute Gasteiger partial charge is 0.386 e. The van der Waals surface area contributed by atoms with Gasteiger partial charge < -0.3 is 5.11 Å². The van der Waals surface area contributed by atoms with Gasteiger partial charge >= 0.3 is 0 Å². The smallest absolute Gasteiger partial charge is 0.240 e. The average Bonchev–Trinajstić information content (AvgIpc) is 2.51. The summed E-state index contributed by atoms with van der Waals surface area (Å²) in [5, 5.41) is 10.7. The fraction of sp³-hybridized carbons (Fsp3) is 0.500. The topological polar surface area (TPSA) is 66.4 Å². The molecule has 0 aliphatic heterocycles. The molecule has 4 nitrogen and oxygen atoms in total. The second-order valence-corrected chi connectivity index (χ2v) is 7.76. The summed E-state index contributed by atoms with van der Waals surface area (Å²) < 4.78 is 27.6. The summed E-state index contributed by atoms with van der Waals surface area (Å²) in [5.41, 5.74) is 0.765. The highest BCUT2D eigenvalue weighted by Gasteiger charge is 2.31. The molecule has 0 spiro atoms. The molecule has 0 saturated carbocycles. The molecule has 3 atom stereocenters. The zero-order valence-corrected chi connectivity index (χ0v) is 14.9. The summed E-state index contributed by atoms with van der Waals surface area (Å²) in [7, 11) is -3.71. The van der Waals surface area contributed by atoms with E-state index in [9.17, 15) is 13.5 Å². The monoisotopic (exact) mass is 345 g/mol. The Morgan fingerprint density at radius 3 is 2.27 bits per heavy atom. The summed E-state index contributed by atoms with van der Waals surface area (Å²) in [6.07, 6.45) is -0.355. The Hall–Kier alpha value is -0.880. The molecule has 124 valence electrons. The number of hydrogen-bond donors (Lipinski definition) is 2. The molecule has 6 heteroatoms. The third-order valence-corrected chi connectivity index (χ3v) is 5.76. The maximum Gasteiger partial charge on any atom is 0.240 e. The first-order valence-corrected chi connectivity index (χ1v) is 9.15. The van der Waals surface area contributed by atoms with Crippen LogP contribution in [0.2, 0.25) is 0 Å². The van der Waals surface area contributed by atoms with E-state index in [1.165, 1.54) is 12.1 Å². The zero-order valence-electron chi connectivity index (χ0n) is 13.4. The van der Waals surface area contributed by atoms with Crippen molar-refractivity contribution in [2.24, 2.45) is 5.92 Å². The average molecular weight is 346 g/mol. The lowest BCUT2D eigenvalue weighted by atomic mass is 9.94. The molecule has 0 saturated heterocycles. The van der Waals surface area contributed by atoms with Gasteiger partial charge in [0.05, 0.1) is 10.9 Å². The van der Waals surface area contributed by atoms with Gasteiger partial charge in [-0.15, -0.1) is 0 Å². The highest BCUT2D eigenvalue weighted by atomic mass is 35.5. The van der Waals surface area contributed by atoms with E-state index in [2.05, 4.69) is 4.72 Å². The minimum atomic E-state index is -3.71. The first-order chi connectivity index (χ1) is 10.2. The van der Waals surface area contributed by atoms with Crippen molar-refractivity contribution < 1.29 is 13.5 Å². The van der Waals surface area contributed by atoms with Crippen LogP contribution in [0, 0.1) is 5.92 Å². The third kappa shape index (κ3) is 4.81. The Bertz CT molecular complexity index is 610. The number of nitrogens with one attached hydrogen (secondary N) is 1. The normalized spacial score (nSPS) is 15.9. The molecule has 0 bridgehead atoms. The van der Waals surface area contributed by atoms with Crippen LogP contribution in [-0.4, -0.2) is 25.7 Å². The van der Waals surface area contributed by atoms with Crippen molar-refractivity contribution in [2.75, 3.05) is 0 Å². The molecule has 0 aromatic heterocycles. The molecule has 0 unspecified atom stereocenters. The van der Waals surface area contributed by atoms with Crippen LogP contribution in [0.1, 0.15) is 34.1 Å². The number of allylic oxidation sites excluding steroid dienone is 1. The van der Waals surface area contributed by atoms with Gasteiger partial charge in [0.2, 0.25) is 10.0 Å². The molecule has 1 rings (SSSR count). The Morgan fingerprint density at radius 2 is 1.82 bits per heavy atom. The molecule has 22 heavy (non-hydrogen) atoms. The number of halogens is 1. The fourth-order valence-electron chi connectivity index (χ4n) is 2.05. The van der Waals surface area contributed by atoms with Gasteiger partial charge in [0.25, 0.3) is 0 Å². The molecule has 0 aliphatic rings. The molecule has 2 N–H and O–H groups in total. The van der Waals surface area contributed by atoms with Crippen molar-refractivity contribution in [1.29, 1.82) is 0 Å². The molecule has 1 aromatic carbocycles. The van der Waals surface area contributed by atoms with E-state index in [1.807, 2.05) is 13.8 Å². The summed E-state index contributed by atoms with van der Waals surface area (Å²) >= 11 is 6.13. The Labute approximate surface area is 138 Å². The summed E-state index contributed by atoms with van der Waals surface area (Å²) in [6, 6.07) is 7.42. The number of sulfonamides is 1. The molecule has 0 amide bonds. The van der Waals surface area contributed by atoms with Crippen LogP contribution in [0.4, 0.5) is 0 Å². The van der Waals surface area contributed by atoms with Crippen molar-refractivity contribution in [3.63, 3.8) is 0 Å². The quantitative estimate of drug-likeness (QED) is 0.797. The van der Waals surface area contributed by atoms with Crippen LogP contribution in [0.15, 0.2) is 45.8 Å². The van der Waals surface area contributed by atoms with E-state index < -0.39 is 22.2 Å². The molecule has 0 fully saturated rings. The van der Waals surface area contributed by atoms with Crippen LogP contribution >= 0.6 is 11.6 Å². The predicted octanol–water partition coefficient (Wildman–Crippen LogP) is 3.27. The SMILES string of the molecule is CC[C@H](C)[C@H](NS(=O)(=O)c1ccccc1)[C@H](O)C(Cl)=C(C)C. The third-order valence-electron chi connectivity index (χ3n) is 3.68. The molecule has 1 aromatic rings. The van der Waals surface area contributed by atoms with E-state index in [-0.39, 0.29) is 15.8 Å². The van der Waals surface area contributed by atoms with Crippen molar-refractivity contribution in [1.82, 2.24) is 4.72 Å². The maximum absolute atomic E-state index is 12.5. The Morgan fingerprint density at radius 1 is 1.27 bits per heavy atom. The summed E-state index contributed by atoms with van der Waals surface area (Å²) in [6.45, 7) is 7.39. The van der Waals surface area contributed by atoms with Crippen LogP contribution in [0.25, 0.3) is 0 Å². The second-order valence-electron chi connectivity index (χ2n) is 5.64. The van der Waals surface area contributed by atoms with Gasteiger partial charge in [0.15, 0.2) is 0 Å². The van der Waals surface area contributed by atoms with E-state index in [0.717, 1.165) is 5.57 Å². The van der Waals surface area contributed by atoms with E-state index in [4.69, 9.17) is 11.6 Å². The van der Waals surface area contributed by atoms with E-state index in [1.54, 1.807) is 32.0 Å². The predicted molar refractivity (Wildman–Crippen MR) is 90.2 cm³/mol. The first kappa shape index (κ1) is 19.2. The van der Waals surface area contributed by atoms with Gasteiger partial charge in [0, 0.05) is 5.03 Å². The fourth-order valence-corrected chi connectivity index (χ4v) is 3.55. The molecule has 0 aliphatic carbocycles. The van der Waals surface area contributed by atoms with Crippen molar-refractivity contribution in [3.8, 4) is 0 Å². The van der Waals surface area contributed by atoms with Gasteiger partial charge in [-0.3, -0.25) is 0 Å². The van der Waals surface area contributed by atoms with Crippen LogP contribution in [0.3, 0.4) is 0 Å². The highest BCUT2D eigenvalue weighted by molar-refractivity contribution is 7.89. The summed E-state index contributed by atoms with van der Waals surface area (Å²) in [5.74, 6) is -0.0680. The molecule has 0 radical (unpaired) electrons. The maximum atomic E-state index is 12.5. The van der Waals surface area contributed by atoms with Gasteiger partial charge in [-0.05, 0) is 31.9 Å². The number of aliphatic hydroxyl groups excluding tert-OH is 1. The first-order valence-electron chi connectivity index (χ1n) is 7.29. The van der Waals surface area contributed by atoms with Crippen LogP contribution in [-0.2, 0) is 10.0 Å². The Balaban J connectivity index is 3.13. The number of rotatable bonds is 7. The standard InChI is InChI=1S/C16H24ClNO3S/c1-5-12(4)15(16(19)14(17)11(2)3)18-22(20,21)13-9-7-6-8-10-13/h6-10,12,15-16,18-19H,5H2,1-4H3/t12-,15-,16+/m0/s1. The van der Waals surface area contributed by atoms with E-state index >= 15 is 0 Å². The van der Waals surface area contributed by atoms with Crippen molar-refractivity contribution in [3.05, 3.63) is 40.9 Å². The number of aliphatic hydroxyl groups is 1. The van der Waals surface area contributed by atoms with Crippen molar-refractivity contribution in [2.45, 2.75) is 51.2 Å². The van der Waals surface area contributed by atoms with Gasteiger partial charge in [0.1, 0.15) is 6.10 Å². The number of hydrogen-bond acceptors (Lipinski definition) is 3. The molecule has 0 heterocycles. The minimum absolute atomic E-state index is 0.0680. The highest BCUT2D eigenvalue weighted by Crippen LogP contribution is 2.23. The molecular weight excluding hydrogens is 322 g/mol. The van der Waals surface area contributed by atoms with E-state index in [0.29, 0.717) is 6.42 Å². The van der Waals surface area contributed by atoms with Crippen LogP contribution < -0.4 is 4.72 Å². The lowest BCUT2D eigenvalue weighted by molar-refractivity contribution is 0.148. The second kappa shape index (κ2) is 8.11. The lowest BCUT2D eigenvalue weighted by Gasteiger charge is -2.29.